The summed E-state index contributed by atoms with van der Waals surface area (Å²) in [6.45, 7) is -0.0875. The van der Waals surface area contributed by atoms with E-state index >= 15 is 0 Å². The molecule has 5 aliphatic heterocycles. The molecule has 13 heteroatoms. The van der Waals surface area contributed by atoms with Gasteiger partial charge in [-0.3, -0.25) is 0 Å². The number of hydrogen-bond donors (Lipinski definition) is 5. The molecule has 0 amide bonds. The number of benzene rings is 3. The number of allylic oxidation sites excluding steroid dienone is 1. The minimum Gasteiger partial charge on any atom is -0.748 e. The van der Waals surface area contributed by atoms with Gasteiger partial charge in [-0.05, 0) is 109 Å². The summed E-state index contributed by atoms with van der Waals surface area (Å²) in [5.74, 6) is -0.649. The van der Waals surface area contributed by atoms with Crippen LogP contribution in [0.5, 0.6) is 11.5 Å². The Kier molecular flexibility index (Phi) is 12.9. The predicted molar refractivity (Wildman–Crippen MR) is 188 cm³/mol. The molecule has 1 aliphatic carbocycles. The first-order chi connectivity index (χ1) is 24.0. The van der Waals surface area contributed by atoms with Crippen LogP contribution in [0.3, 0.4) is 0 Å². The number of aromatic hydroxyl groups is 1. The number of aliphatic imine (C=N–C) groups is 1. The molecule has 0 aromatic heterocycles. The Labute approximate surface area is 321 Å². The van der Waals surface area contributed by atoms with Gasteiger partial charge in [0, 0.05) is 25.2 Å². The summed E-state index contributed by atoms with van der Waals surface area (Å²) < 4.78 is 53.2. The van der Waals surface area contributed by atoms with E-state index in [0.29, 0.717) is 49.8 Å². The van der Waals surface area contributed by atoms with Gasteiger partial charge in [-0.1, -0.05) is 54.6 Å². The number of phenols is 1. The summed E-state index contributed by atoms with van der Waals surface area (Å²) in [4.78, 5) is 4.57. The van der Waals surface area contributed by atoms with Gasteiger partial charge in [0.2, 0.25) is 5.72 Å². The average molecular weight is 728 g/mol. The van der Waals surface area contributed by atoms with Crippen molar-refractivity contribution in [2.45, 2.75) is 80.5 Å². The van der Waals surface area contributed by atoms with E-state index in [1.54, 1.807) is 36.4 Å². The van der Waals surface area contributed by atoms with E-state index < -0.39 is 33.1 Å². The molecule has 6 aliphatic rings. The summed E-state index contributed by atoms with van der Waals surface area (Å²) in [6, 6.07) is 21.7. The number of hydrogen-bond acceptors (Lipinski definition) is 9. The molecule has 268 valence electrons. The first kappa shape index (κ1) is 39.3. The number of fused-ring (bicyclic) bond motifs is 2. The number of rotatable bonds is 9. The molecular weight excluding hydrogens is 681 g/mol. The van der Waals surface area contributed by atoms with Gasteiger partial charge >= 0.3 is 29.6 Å². The number of phenolic OH excluding ortho intramolecular Hbond substituents is 1. The number of aliphatic hydroxyl groups excluding tert-OH is 2. The van der Waals surface area contributed by atoms with E-state index in [4.69, 9.17) is 20.9 Å². The van der Waals surface area contributed by atoms with Crippen molar-refractivity contribution >= 4 is 16.1 Å². The van der Waals surface area contributed by atoms with Crippen molar-refractivity contribution in [3.63, 3.8) is 0 Å². The van der Waals surface area contributed by atoms with Crippen LogP contribution < -0.4 is 45.8 Å². The Morgan fingerprint density at radius 2 is 1.61 bits per heavy atom. The first-order valence-electron chi connectivity index (χ1n) is 17.3. The molecule has 0 spiro atoms. The number of nitrogens with two attached hydrogens (primary N) is 2. The molecule has 0 radical (unpaired) electrons. The van der Waals surface area contributed by atoms with E-state index in [-0.39, 0.29) is 85.3 Å². The third-order valence-corrected chi connectivity index (χ3v) is 11.7. The van der Waals surface area contributed by atoms with Crippen LogP contribution in [0, 0.1) is 11.8 Å². The third kappa shape index (κ3) is 9.00. The SMILES string of the molecule is NC(N)=NC1(CCCO)Oc2ccc(cc2)CCC(S(=O)(=O)[O-])C2C=C3CC(CC(CCCO)OC3c3ccc(O)cc3)C2c2ccc1cc2.[Na+]. The molecule has 5 heterocycles. The van der Waals surface area contributed by atoms with Gasteiger partial charge in [0.1, 0.15) is 17.6 Å². The summed E-state index contributed by atoms with van der Waals surface area (Å²) >= 11 is 0. The molecule has 3 aromatic rings. The van der Waals surface area contributed by atoms with Crippen molar-refractivity contribution in [2.24, 2.45) is 28.3 Å². The van der Waals surface area contributed by atoms with Crippen LogP contribution in [-0.4, -0.2) is 58.8 Å². The van der Waals surface area contributed by atoms with Crippen LogP contribution in [0.2, 0.25) is 0 Å². The predicted octanol–water partition coefficient (Wildman–Crippen LogP) is 1.48. The Bertz CT molecular complexity index is 1780. The summed E-state index contributed by atoms with van der Waals surface area (Å²) in [7, 11) is -4.78. The molecular formula is C38H46N3NaO8S. The number of ether oxygens (including phenoxy) is 2. The number of guanidine groups is 1. The second-order valence-corrected chi connectivity index (χ2v) is 15.3. The van der Waals surface area contributed by atoms with Gasteiger partial charge in [-0.15, -0.1) is 0 Å². The standard InChI is InChI=1S/C38H47N3O8S.Na/c39-37(40)41-38(18-2-20-43)29-11-7-25(8-12-29)35-27-21-28(36(26-9-13-30(44)14-10-26)48-32(22-27)3-1-19-42)23-33(35)34(50(45,46)47)17-6-24-4-15-31(49-38)16-5-24;/h4-5,7-16,23,27,32-36,42-44H,1-3,6,17-22H2,(H4,39,40,41)(H,45,46,47);/q;+1/p-1. The van der Waals surface area contributed by atoms with Crippen LogP contribution in [0.4, 0.5) is 0 Å². The fraction of sp³-hybridized carbons (Fsp3) is 0.447. The fourth-order valence-electron chi connectivity index (χ4n) is 8.19. The van der Waals surface area contributed by atoms with Gasteiger partial charge in [0.05, 0.1) is 21.5 Å². The molecule has 11 nitrogen and oxygen atoms in total. The van der Waals surface area contributed by atoms with Crippen molar-refractivity contribution in [1.82, 2.24) is 0 Å². The van der Waals surface area contributed by atoms with Gasteiger partial charge < -0.3 is 40.8 Å². The van der Waals surface area contributed by atoms with Crippen LogP contribution >= 0.6 is 0 Å². The second kappa shape index (κ2) is 16.8. The zero-order valence-corrected chi connectivity index (χ0v) is 31.8. The Morgan fingerprint density at radius 1 is 0.941 bits per heavy atom. The van der Waals surface area contributed by atoms with Crippen LogP contribution in [0.15, 0.2) is 89.4 Å². The van der Waals surface area contributed by atoms with Crippen molar-refractivity contribution in [2.75, 3.05) is 13.2 Å². The molecule has 9 rings (SSSR count). The monoisotopic (exact) mass is 727 g/mol. The van der Waals surface area contributed by atoms with Crippen LogP contribution in [0.1, 0.15) is 79.2 Å². The normalized spacial score (nSPS) is 27.4. The third-order valence-electron chi connectivity index (χ3n) is 10.4. The molecule has 51 heavy (non-hydrogen) atoms. The second-order valence-electron chi connectivity index (χ2n) is 13.7. The maximum absolute atomic E-state index is 13.3. The van der Waals surface area contributed by atoms with Crippen molar-refractivity contribution in [1.29, 1.82) is 0 Å². The Balaban J connectivity index is 0.00000504. The van der Waals surface area contributed by atoms with Crippen molar-refractivity contribution in [3.8, 4) is 11.5 Å². The van der Waals surface area contributed by atoms with Crippen LogP contribution in [0.25, 0.3) is 0 Å². The minimum atomic E-state index is -4.78. The van der Waals surface area contributed by atoms with Crippen molar-refractivity contribution in [3.05, 3.63) is 107 Å². The maximum atomic E-state index is 13.3. The summed E-state index contributed by atoms with van der Waals surface area (Å²) in [5, 5.41) is 28.3. The minimum absolute atomic E-state index is 0. The summed E-state index contributed by atoms with van der Waals surface area (Å²) in [6.07, 6.45) is 4.69. The number of nitrogens with zero attached hydrogens (tertiary/aromatic N) is 1. The topological polar surface area (TPSA) is 201 Å². The number of aliphatic hydroxyl groups is 2. The molecule has 1 fully saturated rings. The van der Waals surface area contributed by atoms with Gasteiger partial charge in [0.15, 0.2) is 5.96 Å². The summed E-state index contributed by atoms with van der Waals surface area (Å²) in [5.41, 5.74) is 14.6. The fourth-order valence-corrected chi connectivity index (χ4v) is 9.23. The molecule has 7 N–H and O–H groups in total. The molecule has 0 saturated carbocycles. The van der Waals surface area contributed by atoms with Gasteiger partial charge in [-0.25, -0.2) is 13.4 Å². The largest absolute Gasteiger partial charge is 1.00 e. The van der Waals surface area contributed by atoms with Crippen LogP contribution in [-0.2, 0) is 27.0 Å². The zero-order valence-electron chi connectivity index (χ0n) is 28.9. The Hall–Kier alpha value is -2.94. The van der Waals surface area contributed by atoms with E-state index in [1.807, 2.05) is 42.5 Å². The van der Waals surface area contributed by atoms with E-state index in [1.165, 1.54) is 0 Å². The Morgan fingerprint density at radius 3 is 2.24 bits per heavy atom. The van der Waals surface area contributed by atoms with Gasteiger partial charge in [0.25, 0.3) is 0 Å². The zero-order chi connectivity index (χ0) is 35.5. The molecule has 6 bridgehead atoms. The molecule has 1 saturated heterocycles. The number of aryl methyl sites for hydroxylation is 1. The van der Waals surface area contributed by atoms with E-state index in [2.05, 4.69) is 4.99 Å². The van der Waals surface area contributed by atoms with Crippen molar-refractivity contribution < 1.29 is 67.3 Å². The van der Waals surface area contributed by atoms with E-state index in [9.17, 15) is 28.3 Å². The molecule has 7 unspecified atom stereocenters. The quantitative estimate of drug-likeness (QED) is 0.0707. The first-order valence-corrected chi connectivity index (χ1v) is 18.8. The van der Waals surface area contributed by atoms with E-state index in [0.717, 1.165) is 22.3 Å². The molecule has 3 aromatic carbocycles. The smallest absolute Gasteiger partial charge is 0.748 e. The maximum Gasteiger partial charge on any atom is 1.00 e. The molecule has 7 atom stereocenters. The van der Waals surface area contributed by atoms with Gasteiger partial charge in [-0.2, -0.15) is 0 Å². The average Bonchev–Trinajstić information content (AvgIpc) is 3.22.